The van der Waals surface area contributed by atoms with E-state index in [2.05, 4.69) is 30.1 Å². The van der Waals surface area contributed by atoms with E-state index < -0.39 is 0 Å². The Balaban J connectivity index is 2.05. The maximum Gasteiger partial charge on any atom is 0.120 e. The summed E-state index contributed by atoms with van der Waals surface area (Å²) in [5, 5.41) is 3.20. The van der Waals surface area contributed by atoms with Gasteiger partial charge in [0.2, 0.25) is 0 Å². The first kappa shape index (κ1) is 13.4. The Hall–Kier alpha value is -2.06. The van der Waals surface area contributed by atoms with Gasteiger partial charge < -0.3 is 10.1 Å². The fourth-order valence-electron chi connectivity index (χ4n) is 1.96. The van der Waals surface area contributed by atoms with Crippen molar-refractivity contribution >= 4 is 0 Å². The van der Waals surface area contributed by atoms with Gasteiger partial charge in [-0.3, -0.25) is 0 Å². The average Bonchev–Trinajstić information content (AvgIpc) is 2.48. The summed E-state index contributed by atoms with van der Waals surface area (Å²) in [5.74, 6) is 0.878. The molecule has 0 saturated carbocycles. The van der Waals surface area contributed by atoms with Gasteiger partial charge in [-0.25, -0.2) is 0 Å². The quantitative estimate of drug-likeness (QED) is 0.792. The zero-order valence-electron chi connectivity index (χ0n) is 11.2. The van der Waals surface area contributed by atoms with Gasteiger partial charge in [-0.1, -0.05) is 48.5 Å². The molecule has 2 heteroatoms. The summed E-state index contributed by atoms with van der Waals surface area (Å²) in [6, 6.07) is 18.4. The fraction of sp³-hybridized carbons (Fsp3) is 0.176. The third-order valence-corrected chi connectivity index (χ3v) is 3.01. The smallest absolute Gasteiger partial charge is 0.120 e. The third kappa shape index (κ3) is 3.70. The van der Waals surface area contributed by atoms with E-state index in [4.69, 9.17) is 4.74 Å². The molecule has 1 N–H and O–H groups in total. The van der Waals surface area contributed by atoms with Crippen LogP contribution >= 0.6 is 0 Å². The van der Waals surface area contributed by atoms with Gasteiger partial charge in [-0.2, -0.15) is 0 Å². The van der Waals surface area contributed by atoms with Crippen molar-refractivity contribution in [1.82, 2.24) is 5.32 Å². The summed E-state index contributed by atoms with van der Waals surface area (Å²) in [6.07, 6.45) is 1.89. The molecule has 2 aromatic carbocycles. The van der Waals surface area contributed by atoms with E-state index in [1.54, 1.807) is 0 Å². The van der Waals surface area contributed by atoms with Gasteiger partial charge in [-0.15, -0.1) is 6.58 Å². The zero-order chi connectivity index (χ0) is 13.5. The number of rotatable bonds is 6. The number of nitrogens with one attached hydrogen (secondary N) is 1. The maximum atomic E-state index is 5.81. The van der Waals surface area contributed by atoms with Gasteiger partial charge in [0.15, 0.2) is 0 Å². The highest BCUT2D eigenvalue weighted by Gasteiger charge is 2.05. The molecule has 0 radical (unpaired) electrons. The number of hydrogen-bond acceptors (Lipinski definition) is 2. The van der Waals surface area contributed by atoms with Crippen molar-refractivity contribution in [2.24, 2.45) is 0 Å². The van der Waals surface area contributed by atoms with E-state index in [9.17, 15) is 0 Å². The van der Waals surface area contributed by atoms with Crippen LogP contribution < -0.4 is 10.1 Å². The lowest BCUT2D eigenvalue weighted by atomic mass is 10.1. The molecule has 98 valence electrons. The summed E-state index contributed by atoms with van der Waals surface area (Å²) in [6.45, 7) is 4.41. The van der Waals surface area contributed by atoms with E-state index >= 15 is 0 Å². The Morgan fingerprint density at radius 3 is 2.63 bits per heavy atom. The number of likely N-dealkylation sites (N-methyl/N-ethyl adjacent to an activating group) is 1. The standard InChI is InChI=1S/C17H19NO/c1-3-17(18-2)15-10-7-11-16(12-15)19-13-14-8-5-4-6-9-14/h3-12,17-18H,1,13H2,2H3. The van der Waals surface area contributed by atoms with Gasteiger partial charge in [0, 0.05) is 0 Å². The molecule has 0 aromatic heterocycles. The first-order chi connectivity index (χ1) is 9.33. The maximum absolute atomic E-state index is 5.81. The number of ether oxygens (including phenoxy) is 1. The average molecular weight is 253 g/mol. The molecule has 2 rings (SSSR count). The van der Waals surface area contributed by atoms with E-state index in [1.807, 2.05) is 49.5 Å². The van der Waals surface area contributed by atoms with Crippen molar-refractivity contribution in [1.29, 1.82) is 0 Å². The summed E-state index contributed by atoms with van der Waals surface area (Å²) < 4.78 is 5.81. The SMILES string of the molecule is C=CC(NC)c1cccc(OCc2ccccc2)c1. The first-order valence-corrected chi connectivity index (χ1v) is 6.40. The van der Waals surface area contributed by atoms with Crippen LogP contribution in [0, 0.1) is 0 Å². The lowest BCUT2D eigenvalue weighted by Gasteiger charge is -2.13. The lowest BCUT2D eigenvalue weighted by Crippen LogP contribution is -2.13. The highest BCUT2D eigenvalue weighted by molar-refractivity contribution is 5.32. The molecule has 19 heavy (non-hydrogen) atoms. The van der Waals surface area contributed by atoms with Crippen LogP contribution in [0.3, 0.4) is 0 Å². The minimum Gasteiger partial charge on any atom is -0.489 e. The summed E-state index contributed by atoms with van der Waals surface area (Å²) in [4.78, 5) is 0. The van der Waals surface area contributed by atoms with E-state index in [-0.39, 0.29) is 6.04 Å². The molecule has 0 amide bonds. The second-order valence-corrected chi connectivity index (χ2v) is 4.35. The van der Waals surface area contributed by atoms with Crippen LogP contribution in [-0.4, -0.2) is 7.05 Å². The van der Waals surface area contributed by atoms with Crippen LogP contribution in [0.4, 0.5) is 0 Å². The molecule has 2 aromatic rings. The molecule has 0 bridgehead atoms. The monoisotopic (exact) mass is 253 g/mol. The van der Waals surface area contributed by atoms with Gasteiger partial charge in [0.1, 0.15) is 12.4 Å². The van der Waals surface area contributed by atoms with Gasteiger partial charge >= 0.3 is 0 Å². The van der Waals surface area contributed by atoms with E-state index in [0.717, 1.165) is 11.3 Å². The lowest BCUT2D eigenvalue weighted by molar-refractivity contribution is 0.306. The Kier molecular flexibility index (Phi) is 4.76. The topological polar surface area (TPSA) is 21.3 Å². The molecule has 1 atom stereocenters. The molecule has 2 nitrogen and oxygen atoms in total. The van der Waals surface area contributed by atoms with Crippen LogP contribution in [0.1, 0.15) is 17.2 Å². The fourth-order valence-corrected chi connectivity index (χ4v) is 1.96. The normalized spacial score (nSPS) is 11.8. The summed E-state index contributed by atoms with van der Waals surface area (Å²) in [5.41, 5.74) is 2.32. The molecular formula is C17H19NO. The molecular weight excluding hydrogens is 234 g/mol. The van der Waals surface area contributed by atoms with Crippen LogP contribution in [0.5, 0.6) is 5.75 Å². The summed E-state index contributed by atoms with van der Waals surface area (Å²) in [7, 11) is 1.92. The summed E-state index contributed by atoms with van der Waals surface area (Å²) >= 11 is 0. The highest BCUT2D eigenvalue weighted by atomic mass is 16.5. The Morgan fingerprint density at radius 1 is 1.16 bits per heavy atom. The van der Waals surface area contributed by atoms with Crippen molar-refractivity contribution < 1.29 is 4.74 Å². The van der Waals surface area contributed by atoms with Gasteiger partial charge in [0.25, 0.3) is 0 Å². The van der Waals surface area contributed by atoms with Crippen molar-refractivity contribution in [2.45, 2.75) is 12.6 Å². The number of benzene rings is 2. The van der Waals surface area contributed by atoms with E-state index in [0.29, 0.717) is 6.61 Å². The molecule has 0 fully saturated rings. The highest BCUT2D eigenvalue weighted by Crippen LogP contribution is 2.20. The van der Waals surface area contributed by atoms with Crippen molar-refractivity contribution in [3.05, 3.63) is 78.4 Å². The molecule has 0 spiro atoms. The van der Waals surface area contributed by atoms with Crippen molar-refractivity contribution in [3.8, 4) is 5.75 Å². The minimum atomic E-state index is 0.153. The van der Waals surface area contributed by atoms with Crippen LogP contribution in [0.2, 0.25) is 0 Å². The minimum absolute atomic E-state index is 0.153. The van der Waals surface area contributed by atoms with Crippen LogP contribution in [0.15, 0.2) is 67.3 Å². The molecule has 0 aliphatic heterocycles. The molecule has 1 unspecified atom stereocenters. The molecule has 0 saturated heterocycles. The zero-order valence-corrected chi connectivity index (χ0v) is 11.2. The Bertz CT molecular complexity index is 522. The van der Waals surface area contributed by atoms with Crippen molar-refractivity contribution in [2.75, 3.05) is 7.05 Å². The van der Waals surface area contributed by atoms with Gasteiger partial charge in [-0.05, 0) is 30.3 Å². The molecule has 0 heterocycles. The number of hydrogen-bond donors (Lipinski definition) is 1. The Morgan fingerprint density at radius 2 is 1.95 bits per heavy atom. The van der Waals surface area contributed by atoms with E-state index in [1.165, 1.54) is 5.56 Å². The van der Waals surface area contributed by atoms with Crippen LogP contribution in [-0.2, 0) is 6.61 Å². The second kappa shape index (κ2) is 6.76. The molecule has 0 aliphatic rings. The first-order valence-electron chi connectivity index (χ1n) is 6.40. The largest absolute Gasteiger partial charge is 0.489 e. The van der Waals surface area contributed by atoms with Gasteiger partial charge in [0.05, 0.1) is 6.04 Å². The van der Waals surface area contributed by atoms with Crippen molar-refractivity contribution in [3.63, 3.8) is 0 Å². The second-order valence-electron chi connectivity index (χ2n) is 4.35. The van der Waals surface area contributed by atoms with Crippen LogP contribution in [0.25, 0.3) is 0 Å². The molecule has 0 aliphatic carbocycles. The predicted octanol–water partition coefficient (Wildman–Crippen LogP) is 3.71. The third-order valence-electron chi connectivity index (χ3n) is 3.01. The Labute approximate surface area is 114 Å². The predicted molar refractivity (Wildman–Crippen MR) is 79.2 cm³/mol.